The van der Waals surface area contributed by atoms with Crippen LogP contribution in [-0.2, 0) is 4.79 Å². The van der Waals surface area contributed by atoms with E-state index in [4.69, 9.17) is 0 Å². The quantitative estimate of drug-likeness (QED) is 0.501. The van der Waals surface area contributed by atoms with Crippen LogP contribution in [0.1, 0.15) is 11.1 Å². The predicted octanol–water partition coefficient (Wildman–Crippen LogP) is 3.04. The Kier molecular flexibility index (Phi) is 4.38. The fourth-order valence-corrected chi connectivity index (χ4v) is 2.32. The number of anilines is 1. The number of aryl methyl sites for hydroxylation is 1. The van der Waals surface area contributed by atoms with Gasteiger partial charge in [0.25, 0.3) is 5.91 Å². The SMILES string of the molecule is Cc1ccccc1NCC(=O)N/N=C/c1ccc2[nH]ccc2c1. The van der Waals surface area contributed by atoms with Gasteiger partial charge in [-0.05, 0) is 47.7 Å². The number of aromatic amines is 1. The van der Waals surface area contributed by atoms with Gasteiger partial charge in [0.1, 0.15) is 0 Å². The number of hydrogen-bond donors (Lipinski definition) is 3. The highest BCUT2D eigenvalue weighted by molar-refractivity contribution is 5.89. The minimum atomic E-state index is -0.188. The van der Waals surface area contributed by atoms with Crippen molar-refractivity contribution >= 4 is 28.7 Å². The van der Waals surface area contributed by atoms with Gasteiger partial charge >= 0.3 is 0 Å². The van der Waals surface area contributed by atoms with Gasteiger partial charge in [0, 0.05) is 17.4 Å². The number of hydrogen-bond acceptors (Lipinski definition) is 3. The first-order valence-corrected chi connectivity index (χ1v) is 7.41. The molecule has 0 atom stereocenters. The molecule has 3 aromatic rings. The molecule has 0 radical (unpaired) electrons. The van der Waals surface area contributed by atoms with Crippen molar-refractivity contribution in [1.29, 1.82) is 0 Å². The lowest BCUT2D eigenvalue weighted by Gasteiger charge is -2.07. The topological polar surface area (TPSA) is 69.3 Å². The summed E-state index contributed by atoms with van der Waals surface area (Å²) in [5, 5.41) is 8.20. The van der Waals surface area contributed by atoms with Gasteiger partial charge in [-0.3, -0.25) is 4.79 Å². The van der Waals surface area contributed by atoms with Gasteiger partial charge in [-0.25, -0.2) is 5.43 Å². The number of fused-ring (bicyclic) bond motifs is 1. The van der Waals surface area contributed by atoms with E-state index in [1.54, 1.807) is 6.21 Å². The summed E-state index contributed by atoms with van der Waals surface area (Å²) in [5.74, 6) is -0.188. The molecule has 2 aromatic carbocycles. The maximum absolute atomic E-state index is 11.8. The first-order chi connectivity index (χ1) is 11.2. The van der Waals surface area contributed by atoms with Gasteiger partial charge in [-0.2, -0.15) is 5.10 Å². The summed E-state index contributed by atoms with van der Waals surface area (Å²) in [4.78, 5) is 14.9. The van der Waals surface area contributed by atoms with E-state index in [-0.39, 0.29) is 12.5 Å². The number of carbonyl (C=O) groups excluding carboxylic acids is 1. The Labute approximate surface area is 134 Å². The summed E-state index contributed by atoms with van der Waals surface area (Å²) < 4.78 is 0. The molecule has 23 heavy (non-hydrogen) atoms. The van der Waals surface area contributed by atoms with Crippen LogP contribution in [0.4, 0.5) is 5.69 Å². The fraction of sp³-hybridized carbons (Fsp3) is 0.111. The summed E-state index contributed by atoms with van der Waals surface area (Å²) in [6, 6.07) is 15.8. The molecule has 5 nitrogen and oxygen atoms in total. The number of rotatable bonds is 5. The van der Waals surface area contributed by atoms with Crippen molar-refractivity contribution < 1.29 is 4.79 Å². The van der Waals surface area contributed by atoms with Crippen molar-refractivity contribution in [3.05, 3.63) is 65.9 Å². The largest absolute Gasteiger partial charge is 0.376 e. The van der Waals surface area contributed by atoms with Crippen molar-refractivity contribution in [3.8, 4) is 0 Å². The van der Waals surface area contributed by atoms with Crippen LogP contribution in [0.15, 0.2) is 59.8 Å². The van der Waals surface area contributed by atoms with Crippen LogP contribution in [0.3, 0.4) is 0 Å². The van der Waals surface area contributed by atoms with E-state index in [1.807, 2.05) is 61.7 Å². The molecule has 0 unspecified atom stereocenters. The number of hydrazone groups is 1. The van der Waals surface area contributed by atoms with Crippen molar-refractivity contribution in [2.45, 2.75) is 6.92 Å². The number of nitrogens with zero attached hydrogens (tertiary/aromatic N) is 1. The maximum Gasteiger partial charge on any atom is 0.259 e. The van der Waals surface area contributed by atoms with Crippen LogP contribution in [0.25, 0.3) is 10.9 Å². The predicted molar refractivity (Wildman–Crippen MR) is 93.7 cm³/mol. The summed E-state index contributed by atoms with van der Waals surface area (Å²) in [6.07, 6.45) is 3.53. The van der Waals surface area contributed by atoms with E-state index >= 15 is 0 Å². The molecule has 0 aliphatic heterocycles. The van der Waals surface area contributed by atoms with E-state index in [2.05, 4.69) is 20.8 Å². The average molecular weight is 306 g/mol. The zero-order valence-electron chi connectivity index (χ0n) is 12.8. The Morgan fingerprint density at radius 1 is 1.22 bits per heavy atom. The monoisotopic (exact) mass is 306 g/mol. The number of H-pyrrole nitrogens is 1. The molecule has 3 N–H and O–H groups in total. The molecular weight excluding hydrogens is 288 g/mol. The Hall–Kier alpha value is -3.08. The Balaban J connectivity index is 1.53. The molecule has 3 rings (SSSR count). The van der Waals surface area contributed by atoms with Crippen LogP contribution in [-0.4, -0.2) is 23.7 Å². The molecule has 5 heteroatoms. The van der Waals surface area contributed by atoms with Crippen LogP contribution < -0.4 is 10.7 Å². The molecule has 0 bridgehead atoms. The van der Waals surface area contributed by atoms with Crippen molar-refractivity contribution in [2.75, 3.05) is 11.9 Å². The van der Waals surface area contributed by atoms with Crippen LogP contribution in [0, 0.1) is 6.92 Å². The number of benzene rings is 2. The normalized spacial score (nSPS) is 11.0. The van der Waals surface area contributed by atoms with Crippen LogP contribution in [0.2, 0.25) is 0 Å². The molecule has 1 heterocycles. The minimum absolute atomic E-state index is 0.180. The number of para-hydroxylation sites is 1. The van der Waals surface area contributed by atoms with E-state index in [0.717, 1.165) is 27.7 Å². The average Bonchev–Trinajstić information content (AvgIpc) is 3.02. The van der Waals surface area contributed by atoms with E-state index < -0.39 is 0 Å². The summed E-state index contributed by atoms with van der Waals surface area (Å²) in [6.45, 7) is 2.18. The highest BCUT2D eigenvalue weighted by Gasteiger charge is 2.01. The molecule has 0 fully saturated rings. The Bertz CT molecular complexity index is 851. The first kappa shape index (κ1) is 14.8. The molecule has 1 amide bonds. The number of carbonyl (C=O) groups is 1. The molecule has 0 saturated carbocycles. The molecule has 0 aliphatic carbocycles. The zero-order valence-corrected chi connectivity index (χ0v) is 12.8. The van der Waals surface area contributed by atoms with Crippen LogP contribution in [0.5, 0.6) is 0 Å². The number of amides is 1. The summed E-state index contributed by atoms with van der Waals surface area (Å²) >= 11 is 0. The molecule has 0 saturated heterocycles. The molecular formula is C18H18N4O. The zero-order chi connectivity index (χ0) is 16.1. The lowest BCUT2D eigenvalue weighted by molar-refractivity contribution is -0.119. The Morgan fingerprint density at radius 2 is 2.09 bits per heavy atom. The van der Waals surface area contributed by atoms with Gasteiger partial charge in [0.15, 0.2) is 0 Å². The van der Waals surface area contributed by atoms with E-state index in [1.165, 1.54) is 0 Å². The van der Waals surface area contributed by atoms with Crippen molar-refractivity contribution in [3.63, 3.8) is 0 Å². The summed E-state index contributed by atoms with van der Waals surface area (Å²) in [7, 11) is 0. The molecule has 116 valence electrons. The lowest BCUT2D eigenvalue weighted by atomic mass is 10.2. The third-order valence-corrected chi connectivity index (χ3v) is 3.56. The first-order valence-electron chi connectivity index (χ1n) is 7.41. The van der Waals surface area contributed by atoms with Crippen LogP contribution >= 0.6 is 0 Å². The third kappa shape index (κ3) is 3.77. The highest BCUT2D eigenvalue weighted by atomic mass is 16.2. The Morgan fingerprint density at radius 3 is 2.96 bits per heavy atom. The van der Waals surface area contributed by atoms with Crippen molar-refractivity contribution in [1.82, 2.24) is 10.4 Å². The van der Waals surface area contributed by atoms with Crippen molar-refractivity contribution in [2.24, 2.45) is 5.10 Å². The second kappa shape index (κ2) is 6.79. The van der Waals surface area contributed by atoms with Gasteiger partial charge in [0.05, 0.1) is 12.8 Å². The molecule has 0 spiro atoms. The fourth-order valence-electron chi connectivity index (χ4n) is 2.32. The minimum Gasteiger partial charge on any atom is -0.376 e. The van der Waals surface area contributed by atoms with Gasteiger partial charge < -0.3 is 10.3 Å². The second-order valence-corrected chi connectivity index (χ2v) is 5.29. The smallest absolute Gasteiger partial charge is 0.259 e. The van der Waals surface area contributed by atoms with E-state index in [0.29, 0.717) is 0 Å². The van der Waals surface area contributed by atoms with Gasteiger partial charge in [-0.1, -0.05) is 24.3 Å². The highest BCUT2D eigenvalue weighted by Crippen LogP contribution is 2.13. The maximum atomic E-state index is 11.8. The standard InChI is InChI=1S/C18H18N4O/c1-13-4-2-3-5-16(13)20-12-18(23)22-21-11-14-6-7-17-15(10-14)8-9-19-17/h2-11,19-20H,12H2,1H3,(H,22,23)/b21-11+. The third-order valence-electron chi connectivity index (χ3n) is 3.56. The molecule has 1 aromatic heterocycles. The van der Waals surface area contributed by atoms with Gasteiger partial charge in [-0.15, -0.1) is 0 Å². The second-order valence-electron chi connectivity index (χ2n) is 5.29. The lowest BCUT2D eigenvalue weighted by Crippen LogP contribution is -2.26. The van der Waals surface area contributed by atoms with E-state index in [9.17, 15) is 4.79 Å². The molecule has 0 aliphatic rings. The van der Waals surface area contributed by atoms with Gasteiger partial charge in [0.2, 0.25) is 0 Å². The number of nitrogens with one attached hydrogen (secondary N) is 3. The summed E-state index contributed by atoms with van der Waals surface area (Å²) in [5.41, 5.74) is 6.58. The number of aromatic nitrogens is 1.